The van der Waals surface area contributed by atoms with E-state index in [-0.39, 0.29) is 16.6 Å². The molecule has 1 unspecified atom stereocenters. The quantitative estimate of drug-likeness (QED) is 0.897. The van der Waals surface area contributed by atoms with Gasteiger partial charge in [0, 0.05) is 17.3 Å². The van der Waals surface area contributed by atoms with Crippen molar-refractivity contribution in [3.8, 4) is 0 Å². The predicted octanol–water partition coefficient (Wildman–Crippen LogP) is 2.53. The van der Waals surface area contributed by atoms with Crippen molar-refractivity contribution in [2.24, 2.45) is 0 Å². The average molecular weight is 270 g/mol. The minimum Gasteiger partial charge on any atom is -0.380 e. The van der Waals surface area contributed by atoms with Gasteiger partial charge in [-0.2, -0.15) is 5.10 Å². The van der Waals surface area contributed by atoms with E-state index in [9.17, 15) is 4.79 Å². The Bertz CT molecular complexity index is 538. The van der Waals surface area contributed by atoms with E-state index in [2.05, 4.69) is 21.6 Å². The molecule has 0 aliphatic rings. The van der Waals surface area contributed by atoms with E-state index in [4.69, 9.17) is 11.6 Å². The van der Waals surface area contributed by atoms with Crippen LogP contribution in [0.5, 0.6) is 0 Å². The number of hydrogen-bond donors (Lipinski definition) is 2. The van der Waals surface area contributed by atoms with Crippen LogP contribution in [0, 0.1) is 0 Å². The molecule has 2 N–H and O–H groups in total. The van der Waals surface area contributed by atoms with Gasteiger partial charge in [0.25, 0.3) is 5.56 Å². The summed E-state index contributed by atoms with van der Waals surface area (Å²) >= 11 is 7.59. The number of thiophene rings is 1. The van der Waals surface area contributed by atoms with Gasteiger partial charge in [0.15, 0.2) is 0 Å². The Labute approximate surface area is 108 Å². The zero-order valence-electron chi connectivity index (χ0n) is 9.24. The maximum Gasteiger partial charge on any atom is 0.285 e. The zero-order valence-corrected chi connectivity index (χ0v) is 10.8. The number of rotatable bonds is 4. The molecule has 0 bridgehead atoms. The molecule has 2 heterocycles. The Morgan fingerprint density at radius 1 is 1.65 bits per heavy atom. The first-order valence-electron chi connectivity index (χ1n) is 5.19. The molecule has 0 aromatic carbocycles. The van der Waals surface area contributed by atoms with Crippen molar-refractivity contribution < 1.29 is 0 Å². The summed E-state index contributed by atoms with van der Waals surface area (Å²) in [5, 5.41) is 11.4. The molecular formula is C11H12ClN3OS. The first-order chi connectivity index (χ1) is 8.16. The molecule has 0 aliphatic heterocycles. The second kappa shape index (κ2) is 5.33. The predicted molar refractivity (Wildman–Crippen MR) is 71.0 cm³/mol. The molecule has 2 aromatic heterocycles. The molecule has 0 saturated heterocycles. The largest absolute Gasteiger partial charge is 0.380 e. The van der Waals surface area contributed by atoms with Crippen LogP contribution in [0.25, 0.3) is 0 Å². The van der Waals surface area contributed by atoms with E-state index in [1.54, 1.807) is 11.3 Å². The Balaban J connectivity index is 2.05. The van der Waals surface area contributed by atoms with E-state index in [1.165, 1.54) is 11.1 Å². The van der Waals surface area contributed by atoms with Gasteiger partial charge in [0.05, 0.1) is 11.9 Å². The molecule has 0 spiro atoms. The molecule has 4 nitrogen and oxygen atoms in total. The molecule has 0 saturated carbocycles. The van der Waals surface area contributed by atoms with Gasteiger partial charge in [0.1, 0.15) is 5.02 Å². The first kappa shape index (κ1) is 12.1. The summed E-state index contributed by atoms with van der Waals surface area (Å²) in [6.07, 6.45) is 2.41. The Hall–Kier alpha value is -1.33. The van der Waals surface area contributed by atoms with Crippen LogP contribution in [-0.4, -0.2) is 16.2 Å². The van der Waals surface area contributed by atoms with Gasteiger partial charge in [0.2, 0.25) is 0 Å². The van der Waals surface area contributed by atoms with Crippen LogP contribution in [-0.2, 0) is 6.42 Å². The third kappa shape index (κ3) is 3.08. The van der Waals surface area contributed by atoms with Gasteiger partial charge < -0.3 is 5.32 Å². The minimum absolute atomic E-state index is 0.151. The van der Waals surface area contributed by atoms with Gasteiger partial charge >= 0.3 is 0 Å². The number of anilines is 1. The van der Waals surface area contributed by atoms with Gasteiger partial charge in [-0.3, -0.25) is 4.79 Å². The van der Waals surface area contributed by atoms with Gasteiger partial charge in [-0.15, -0.1) is 11.3 Å². The minimum atomic E-state index is -0.375. The van der Waals surface area contributed by atoms with Crippen molar-refractivity contribution in [3.63, 3.8) is 0 Å². The number of aromatic nitrogens is 2. The number of hydrogen-bond acceptors (Lipinski definition) is 4. The van der Waals surface area contributed by atoms with E-state index < -0.39 is 0 Å². The molecule has 90 valence electrons. The van der Waals surface area contributed by atoms with E-state index >= 15 is 0 Å². The van der Waals surface area contributed by atoms with E-state index in [0.717, 1.165) is 6.42 Å². The van der Waals surface area contributed by atoms with Crippen molar-refractivity contribution >= 4 is 28.6 Å². The van der Waals surface area contributed by atoms with Crippen LogP contribution >= 0.6 is 22.9 Å². The molecule has 0 fully saturated rings. The van der Waals surface area contributed by atoms with Crippen molar-refractivity contribution in [2.75, 3.05) is 5.32 Å². The number of H-pyrrole nitrogens is 1. The monoisotopic (exact) mass is 269 g/mol. The summed E-state index contributed by atoms with van der Waals surface area (Å²) in [5.74, 6) is 0. The maximum absolute atomic E-state index is 11.3. The van der Waals surface area contributed by atoms with E-state index in [1.807, 2.05) is 18.4 Å². The number of nitrogens with one attached hydrogen (secondary N) is 2. The molecule has 1 atom stereocenters. The van der Waals surface area contributed by atoms with Crippen molar-refractivity contribution in [1.82, 2.24) is 10.2 Å². The molecule has 17 heavy (non-hydrogen) atoms. The fourth-order valence-electron chi connectivity index (χ4n) is 1.53. The summed E-state index contributed by atoms with van der Waals surface area (Å²) in [6.45, 7) is 2.04. The number of halogens is 1. The lowest BCUT2D eigenvalue weighted by Crippen LogP contribution is -2.20. The summed E-state index contributed by atoms with van der Waals surface area (Å²) in [7, 11) is 0. The summed E-state index contributed by atoms with van der Waals surface area (Å²) < 4.78 is 0. The standard InChI is InChI=1S/C11H12ClN3OS/c1-7(5-8-3-2-4-17-8)14-9-6-13-15-11(16)10(9)12/h2-4,6-7H,5H2,1H3,(H2,14,15,16). The second-order valence-corrected chi connectivity index (χ2v) is 5.17. The lowest BCUT2D eigenvalue weighted by atomic mass is 10.2. The third-order valence-corrected chi connectivity index (χ3v) is 3.56. The highest BCUT2D eigenvalue weighted by Gasteiger charge is 2.09. The molecular weight excluding hydrogens is 258 g/mol. The molecule has 6 heteroatoms. The lowest BCUT2D eigenvalue weighted by molar-refractivity contribution is 0.797. The summed E-state index contributed by atoms with van der Waals surface area (Å²) in [5.41, 5.74) is 0.194. The third-order valence-electron chi connectivity index (χ3n) is 2.28. The van der Waals surface area contributed by atoms with Crippen molar-refractivity contribution in [1.29, 1.82) is 0 Å². The highest BCUT2D eigenvalue weighted by atomic mass is 35.5. The van der Waals surface area contributed by atoms with Crippen LogP contribution in [0.4, 0.5) is 5.69 Å². The van der Waals surface area contributed by atoms with Crippen LogP contribution < -0.4 is 10.9 Å². The van der Waals surface area contributed by atoms with Crippen LogP contribution in [0.15, 0.2) is 28.5 Å². The average Bonchev–Trinajstić information content (AvgIpc) is 2.77. The first-order valence-corrected chi connectivity index (χ1v) is 6.44. The van der Waals surface area contributed by atoms with E-state index in [0.29, 0.717) is 5.69 Å². The van der Waals surface area contributed by atoms with Crippen LogP contribution in [0.2, 0.25) is 5.02 Å². The molecule has 2 aromatic rings. The fourth-order valence-corrected chi connectivity index (χ4v) is 2.51. The summed E-state index contributed by atoms with van der Waals surface area (Å²) in [6, 6.07) is 4.30. The highest BCUT2D eigenvalue weighted by Crippen LogP contribution is 2.18. The lowest BCUT2D eigenvalue weighted by Gasteiger charge is -2.14. The molecule has 2 rings (SSSR count). The fraction of sp³-hybridized carbons (Fsp3) is 0.273. The molecule has 0 aliphatic carbocycles. The van der Waals surface area contributed by atoms with Gasteiger partial charge in [-0.1, -0.05) is 17.7 Å². The SMILES string of the molecule is CC(Cc1cccs1)Nc1cn[nH]c(=O)c1Cl. The van der Waals surface area contributed by atoms with Crippen LogP contribution in [0.1, 0.15) is 11.8 Å². The Morgan fingerprint density at radius 2 is 2.47 bits per heavy atom. The molecule has 0 radical (unpaired) electrons. The Morgan fingerprint density at radius 3 is 3.18 bits per heavy atom. The highest BCUT2D eigenvalue weighted by molar-refractivity contribution is 7.09. The number of aromatic amines is 1. The second-order valence-electron chi connectivity index (χ2n) is 3.76. The van der Waals surface area contributed by atoms with Crippen LogP contribution in [0.3, 0.4) is 0 Å². The van der Waals surface area contributed by atoms with Crippen molar-refractivity contribution in [3.05, 3.63) is 44.0 Å². The number of nitrogens with zero attached hydrogens (tertiary/aromatic N) is 1. The maximum atomic E-state index is 11.3. The van der Waals surface area contributed by atoms with Gasteiger partial charge in [-0.05, 0) is 18.4 Å². The topological polar surface area (TPSA) is 57.8 Å². The normalized spacial score (nSPS) is 12.4. The zero-order chi connectivity index (χ0) is 12.3. The smallest absolute Gasteiger partial charge is 0.285 e. The summed E-state index contributed by atoms with van der Waals surface area (Å²) in [4.78, 5) is 12.5. The molecule has 0 amide bonds. The Kier molecular flexibility index (Phi) is 3.81. The van der Waals surface area contributed by atoms with Crippen molar-refractivity contribution in [2.45, 2.75) is 19.4 Å². The van der Waals surface area contributed by atoms with Gasteiger partial charge in [-0.25, -0.2) is 5.10 Å².